The van der Waals surface area contributed by atoms with Crippen LogP contribution in [0, 0.1) is 5.82 Å². The molecule has 0 unspecified atom stereocenters. The Morgan fingerprint density at radius 2 is 1.83 bits per heavy atom. The zero-order valence-corrected chi connectivity index (χ0v) is 8.56. The molecular formula is C9H13FOSi. The van der Waals surface area contributed by atoms with Gasteiger partial charge in [-0.2, -0.15) is 0 Å². The van der Waals surface area contributed by atoms with Gasteiger partial charge in [-0.15, -0.1) is 0 Å². The first-order valence-electron chi connectivity index (χ1n) is 3.91. The van der Waals surface area contributed by atoms with Gasteiger partial charge in [0, 0.05) is 0 Å². The lowest BCUT2D eigenvalue weighted by Crippen LogP contribution is -2.37. The zero-order chi connectivity index (χ0) is 9.35. The Labute approximate surface area is 72.9 Å². The van der Waals surface area contributed by atoms with E-state index in [1.54, 1.807) is 12.1 Å². The predicted octanol–water partition coefficient (Wildman–Crippen LogP) is 2.08. The molecular weight excluding hydrogens is 171 g/mol. The largest absolute Gasteiger partial charge is 0.505 e. The van der Waals surface area contributed by atoms with E-state index in [-0.39, 0.29) is 5.75 Å². The van der Waals surface area contributed by atoms with E-state index in [0.29, 0.717) is 0 Å². The molecule has 0 aliphatic carbocycles. The van der Waals surface area contributed by atoms with Crippen LogP contribution in [0.25, 0.3) is 0 Å². The SMILES string of the molecule is C[Si](C)(C)c1cccc(F)c1O. The van der Waals surface area contributed by atoms with Crippen molar-refractivity contribution in [2.45, 2.75) is 19.6 Å². The second-order valence-corrected chi connectivity index (χ2v) is 8.92. The summed E-state index contributed by atoms with van der Waals surface area (Å²) in [5, 5.41) is 10.2. The number of rotatable bonds is 1. The monoisotopic (exact) mass is 184 g/mol. The molecule has 0 aliphatic heterocycles. The molecule has 0 spiro atoms. The Bertz CT molecular complexity index is 291. The second kappa shape index (κ2) is 2.90. The van der Waals surface area contributed by atoms with Gasteiger partial charge >= 0.3 is 0 Å². The minimum atomic E-state index is -1.60. The van der Waals surface area contributed by atoms with Crippen LogP contribution in [0.1, 0.15) is 0 Å². The van der Waals surface area contributed by atoms with Crippen molar-refractivity contribution in [1.29, 1.82) is 0 Å². The van der Waals surface area contributed by atoms with Crippen molar-refractivity contribution in [2.24, 2.45) is 0 Å². The van der Waals surface area contributed by atoms with Gasteiger partial charge in [-0.05, 0) is 11.3 Å². The molecule has 0 amide bonds. The summed E-state index contributed by atoms with van der Waals surface area (Å²) in [6.45, 7) is 6.21. The summed E-state index contributed by atoms with van der Waals surface area (Å²) in [6.07, 6.45) is 0. The van der Waals surface area contributed by atoms with Crippen LogP contribution in [-0.4, -0.2) is 13.2 Å². The molecule has 12 heavy (non-hydrogen) atoms. The van der Waals surface area contributed by atoms with E-state index in [4.69, 9.17) is 0 Å². The topological polar surface area (TPSA) is 20.2 Å². The highest BCUT2D eigenvalue weighted by molar-refractivity contribution is 6.89. The molecule has 0 bridgehead atoms. The number of para-hydroxylation sites is 1. The van der Waals surface area contributed by atoms with Crippen LogP contribution in [0.15, 0.2) is 18.2 Å². The summed E-state index contributed by atoms with van der Waals surface area (Å²) in [5.41, 5.74) is 0. The third kappa shape index (κ3) is 1.66. The van der Waals surface area contributed by atoms with Crippen molar-refractivity contribution in [2.75, 3.05) is 0 Å². The molecule has 0 saturated carbocycles. The lowest BCUT2D eigenvalue weighted by atomic mass is 10.3. The van der Waals surface area contributed by atoms with Gasteiger partial charge in [-0.1, -0.05) is 31.8 Å². The maximum absolute atomic E-state index is 12.9. The summed E-state index contributed by atoms with van der Waals surface area (Å²) < 4.78 is 12.9. The number of phenols is 1. The van der Waals surface area contributed by atoms with Crippen molar-refractivity contribution >= 4 is 13.3 Å². The van der Waals surface area contributed by atoms with E-state index >= 15 is 0 Å². The fraction of sp³-hybridized carbons (Fsp3) is 0.333. The standard InChI is InChI=1S/C9H13FOSi/c1-12(2,3)8-6-4-5-7(10)9(8)11/h4-6,11H,1-3H3. The van der Waals surface area contributed by atoms with Gasteiger partial charge in [0.15, 0.2) is 5.82 Å². The van der Waals surface area contributed by atoms with Gasteiger partial charge in [-0.3, -0.25) is 0 Å². The van der Waals surface area contributed by atoms with Crippen LogP contribution >= 0.6 is 0 Å². The molecule has 1 nitrogen and oxygen atoms in total. The smallest absolute Gasteiger partial charge is 0.164 e. The molecule has 0 aromatic heterocycles. The summed E-state index contributed by atoms with van der Waals surface area (Å²) in [6, 6.07) is 4.71. The molecule has 0 atom stereocenters. The lowest BCUT2D eigenvalue weighted by molar-refractivity contribution is 0.436. The molecule has 1 N–H and O–H groups in total. The van der Waals surface area contributed by atoms with Gasteiger partial charge < -0.3 is 5.11 Å². The number of hydrogen-bond donors (Lipinski definition) is 1. The normalized spacial score (nSPS) is 11.7. The molecule has 1 rings (SSSR count). The van der Waals surface area contributed by atoms with Crippen molar-refractivity contribution in [3.63, 3.8) is 0 Å². The third-order valence-corrected chi connectivity index (χ3v) is 3.81. The van der Waals surface area contributed by atoms with E-state index in [9.17, 15) is 9.50 Å². The molecule has 1 aromatic rings. The second-order valence-electron chi connectivity index (χ2n) is 3.89. The number of halogens is 1. The zero-order valence-electron chi connectivity index (χ0n) is 7.56. The van der Waals surface area contributed by atoms with Crippen LogP contribution in [0.2, 0.25) is 19.6 Å². The van der Waals surface area contributed by atoms with Gasteiger partial charge in [0.25, 0.3) is 0 Å². The third-order valence-electron chi connectivity index (χ3n) is 1.79. The Balaban J connectivity index is 3.26. The van der Waals surface area contributed by atoms with E-state index in [0.717, 1.165) is 5.19 Å². The Kier molecular flexibility index (Phi) is 2.24. The van der Waals surface area contributed by atoms with E-state index < -0.39 is 13.9 Å². The van der Waals surface area contributed by atoms with Gasteiger partial charge in [0.1, 0.15) is 5.75 Å². The summed E-state index contributed by atoms with van der Waals surface area (Å²) >= 11 is 0. The van der Waals surface area contributed by atoms with Crippen LogP contribution in [0.4, 0.5) is 4.39 Å². The highest BCUT2D eigenvalue weighted by Crippen LogP contribution is 2.16. The first-order valence-corrected chi connectivity index (χ1v) is 7.41. The van der Waals surface area contributed by atoms with Crippen molar-refractivity contribution in [1.82, 2.24) is 0 Å². The minimum Gasteiger partial charge on any atom is -0.505 e. The van der Waals surface area contributed by atoms with Crippen LogP contribution in [0.5, 0.6) is 5.75 Å². The molecule has 0 aliphatic rings. The predicted molar refractivity (Wildman–Crippen MR) is 51.0 cm³/mol. The summed E-state index contributed by atoms with van der Waals surface area (Å²) in [7, 11) is -1.60. The molecule has 0 heterocycles. The fourth-order valence-electron chi connectivity index (χ4n) is 1.12. The molecule has 0 saturated heterocycles. The average Bonchev–Trinajstić information content (AvgIpc) is 1.92. The number of phenolic OH excluding ortho intramolecular Hbond substituents is 1. The summed E-state index contributed by atoms with van der Waals surface area (Å²) in [4.78, 5) is 0. The van der Waals surface area contributed by atoms with Gasteiger partial charge in [-0.25, -0.2) is 4.39 Å². The fourth-order valence-corrected chi connectivity index (χ4v) is 2.55. The number of aromatic hydroxyl groups is 1. The van der Waals surface area contributed by atoms with Crippen LogP contribution in [0.3, 0.4) is 0 Å². The van der Waals surface area contributed by atoms with Crippen molar-refractivity contribution < 1.29 is 9.50 Å². The van der Waals surface area contributed by atoms with Crippen molar-refractivity contribution in [3.05, 3.63) is 24.0 Å². The Hall–Kier alpha value is -0.833. The Morgan fingerprint density at radius 1 is 1.25 bits per heavy atom. The first kappa shape index (κ1) is 9.26. The quantitative estimate of drug-likeness (QED) is 0.662. The lowest BCUT2D eigenvalue weighted by Gasteiger charge is -2.17. The Morgan fingerprint density at radius 3 is 2.25 bits per heavy atom. The highest BCUT2D eigenvalue weighted by atomic mass is 28.3. The minimum absolute atomic E-state index is 0.170. The molecule has 1 aromatic carbocycles. The van der Waals surface area contributed by atoms with E-state index in [1.165, 1.54) is 6.07 Å². The van der Waals surface area contributed by atoms with Gasteiger partial charge in [0.05, 0.1) is 8.07 Å². The number of hydrogen-bond acceptors (Lipinski definition) is 1. The molecule has 3 heteroatoms. The van der Waals surface area contributed by atoms with E-state index in [2.05, 4.69) is 19.6 Å². The highest BCUT2D eigenvalue weighted by Gasteiger charge is 2.21. The molecule has 0 fully saturated rings. The number of benzene rings is 1. The van der Waals surface area contributed by atoms with Crippen LogP contribution in [-0.2, 0) is 0 Å². The average molecular weight is 184 g/mol. The first-order chi connectivity index (χ1) is 5.43. The van der Waals surface area contributed by atoms with Gasteiger partial charge in [0.2, 0.25) is 0 Å². The maximum Gasteiger partial charge on any atom is 0.164 e. The molecule has 0 radical (unpaired) electrons. The van der Waals surface area contributed by atoms with Crippen LogP contribution < -0.4 is 5.19 Å². The van der Waals surface area contributed by atoms with E-state index in [1.807, 2.05) is 0 Å². The van der Waals surface area contributed by atoms with Crippen molar-refractivity contribution in [3.8, 4) is 5.75 Å². The molecule has 66 valence electrons. The maximum atomic E-state index is 12.9. The summed E-state index contributed by atoms with van der Waals surface area (Å²) in [5.74, 6) is -0.688.